The monoisotopic (exact) mass is 981 g/mol. The number of hydrogen-bond donors (Lipinski definition) is 2. The lowest BCUT2D eigenvalue weighted by Crippen LogP contribution is -2.30. The molecule has 0 heterocycles. The Bertz CT molecular complexity index is 1330. The molecule has 2 N–H and O–H groups in total. The van der Waals surface area contributed by atoms with Crippen molar-refractivity contribution in [2.45, 2.75) is 264 Å². The maximum atomic E-state index is 12.9. The van der Waals surface area contributed by atoms with Gasteiger partial charge in [0.05, 0.1) is 19.8 Å². The fourth-order valence-electron chi connectivity index (χ4n) is 7.48. The summed E-state index contributed by atoms with van der Waals surface area (Å²) in [6.07, 6.45) is 52.1. The standard InChI is InChI=1S/C56H101O11P/c1-4-7-10-13-16-19-22-25-26-29-32-35-38-41-44-47-56(60)67-53(49-63-54(58)45-42-39-36-33-30-27-23-20-17-14-11-8-5-2)51-65-68(61,62)64-50-52(48-57)66-55(59)46-43-40-37-34-31-28-24-21-18-15-12-9-6-3/h11,14,16,19-20,23,25-26,52-53,57H,4-10,12-13,15,17-18,21-22,24,27-51H2,1-3H3,(H,61,62)/b14-11-,19-16-,23-20-,26-25-. The molecular formula is C56H101O11P. The highest BCUT2D eigenvalue weighted by atomic mass is 31.2. The zero-order valence-electron chi connectivity index (χ0n) is 43.6. The van der Waals surface area contributed by atoms with Crippen molar-refractivity contribution in [3.05, 3.63) is 48.6 Å². The Morgan fingerprint density at radius 3 is 1.18 bits per heavy atom. The number of aliphatic hydroxyl groups excluding tert-OH is 1. The minimum Gasteiger partial charge on any atom is -0.462 e. The Morgan fingerprint density at radius 2 is 0.750 bits per heavy atom. The van der Waals surface area contributed by atoms with Crippen molar-refractivity contribution in [1.82, 2.24) is 0 Å². The number of phosphoric acid groups is 1. The third-order valence-corrected chi connectivity index (χ3v) is 12.7. The van der Waals surface area contributed by atoms with Gasteiger partial charge in [-0.3, -0.25) is 23.4 Å². The van der Waals surface area contributed by atoms with E-state index in [1.807, 2.05) is 0 Å². The first-order valence-electron chi connectivity index (χ1n) is 27.5. The molecule has 0 saturated heterocycles. The first kappa shape index (κ1) is 65.4. The molecule has 12 heteroatoms. The van der Waals surface area contributed by atoms with E-state index in [0.717, 1.165) is 109 Å². The lowest BCUT2D eigenvalue weighted by atomic mass is 10.0. The van der Waals surface area contributed by atoms with Gasteiger partial charge in [-0.1, -0.05) is 204 Å². The second-order valence-electron chi connectivity index (χ2n) is 18.4. The van der Waals surface area contributed by atoms with Gasteiger partial charge in [0.25, 0.3) is 0 Å². The minimum absolute atomic E-state index is 0.150. The summed E-state index contributed by atoms with van der Waals surface area (Å²) in [4.78, 5) is 48.4. The first-order chi connectivity index (χ1) is 33.2. The van der Waals surface area contributed by atoms with E-state index in [0.29, 0.717) is 19.3 Å². The average Bonchev–Trinajstić information content (AvgIpc) is 3.32. The number of unbranched alkanes of at least 4 members (excludes halogenated alkanes) is 26. The van der Waals surface area contributed by atoms with Crippen molar-refractivity contribution in [3.8, 4) is 0 Å². The zero-order chi connectivity index (χ0) is 49.9. The van der Waals surface area contributed by atoms with Gasteiger partial charge in [0.2, 0.25) is 0 Å². The zero-order valence-corrected chi connectivity index (χ0v) is 44.5. The predicted molar refractivity (Wildman–Crippen MR) is 279 cm³/mol. The quantitative estimate of drug-likeness (QED) is 0.0197. The molecule has 0 aliphatic heterocycles. The Kier molecular flexibility index (Phi) is 48.9. The second-order valence-corrected chi connectivity index (χ2v) is 19.8. The molecule has 0 aromatic rings. The van der Waals surface area contributed by atoms with Crippen LogP contribution in [0.3, 0.4) is 0 Å². The topological polar surface area (TPSA) is 155 Å². The van der Waals surface area contributed by atoms with Gasteiger partial charge in [0.1, 0.15) is 12.7 Å². The minimum atomic E-state index is -4.75. The van der Waals surface area contributed by atoms with E-state index < -0.39 is 57.8 Å². The van der Waals surface area contributed by atoms with Crippen LogP contribution in [0.5, 0.6) is 0 Å². The Labute approximate surface area is 415 Å². The summed E-state index contributed by atoms with van der Waals surface area (Å²) in [6, 6.07) is 0. The molecule has 68 heavy (non-hydrogen) atoms. The molecule has 0 spiro atoms. The van der Waals surface area contributed by atoms with Crippen molar-refractivity contribution in [2.24, 2.45) is 0 Å². The van der Waals surface area contributed by atoms with Gasteiger partial charge in [-0.05, 0) is 77.0 Å². The number of hydrogen-bond acceptors (Lipinski definition) is 10. The number of rotatable bonds is 51. The number of phosphoric ester groups is 1. The summed E-state index contributed by atoms with van der Waals surface area (Å²) in [7, 11) is -4.75. The number of allylic oxidation sites excluding steroid dienone is 8. The van der Waals surface area contributed by atoms with Crippen LogP contribution in [-0.4, -0.2) is 66.5 Å². The largest absolute Gasteiger partial charge is 0.472 e. The van der Waals surface area contributed by atoms with Gasteiger partial charge < -0.3 is 24.2 Å². The van der Waals surface area contributed by atoms with E-state index in [-0.39, 0.29) is 25.9 Å². The molecule has 0 rings (SSSR count). The van der Waals surface area contributed by atoms with Crippen molar-refractivity contribution in [1.29, 1.82) is 0 Å². The summed E-state index contributed by atoms with van der Waals surface area (Å²) in [5, 5.41) is 9.79. The second kappa shape index (κ2) is 50.8. The van der Waals surface area contributed by atoms with Gasteiger partial charge in [0.15, 0.2) is 6.10 Å². The fraction of sp³-hybridized carbons (Fsp3) is 0.804. The maximum Gasteiger partial charge on any atom is 0.472 e. The first-order valence-corrected chi connectivity index (χ1v) is 29.0. The van der Waals surface area contributed by atoms with E-state index >= 15 is 0 Å². The van der Waals surface area contributed by atoms with Crippen molar-refractivity contribution in [2.75, 3.05) is 26.4 Å². The normalized spacial score (nSPS) is 13.8. The van der Waals surface area contributed by atoms with Crippen molar-refractivity contribution >= 4 is 25.7 Å². The number of ether oxygens (including phenoxy) is 3. The van der Waals surface area contributed by atoms with Gasteiger partial charge in [-0.2, -0.15) is 0 Å². The third-order valence-electron chi connectivity index (χ3n) is 11.7. The summed E-state index contributed by atoms with van der Waals surface area (Å²) in [6.45, 7) is 4.53. The smallest absolute Gasteiger partial charge is 0.462 e. The number of aliphatic hydroxyl groups is 1. The van der Waals surface area contributed by atoms with Crippen LogP contribution in [0.15, 0.2) is 48.6 Å². The molecule has 0 bridgehead atoms. The summed E-state index contributed by atoms with van der Waals surface area (Å²) >= 11 is 0. The van der Waals surface area contributed by atoms with Gasteiger partial charge in [0, 0.05) is 19.3 Å². The number of esters is 3. The van der Waals surface area contributed by atoms with Gasteiger partial charge in [-0.15, -0.1) is 0 Å². The van der Waals surface area contributed by atoms with Crippen LogP contribution >= 0.6 is 7.82 Å². The Hall–Kier alpha value is -2.56. The van der Waals surface area contributed by atoms with Crippen LogP contribution in [-0.2, 0) is 42.2 Å². The highest BCUT2D eigenvalue weighted by Crippen LogP contribution is 2.43. The molecule has 0 aliphatic rings. The van der Waals surface area contributed by atoms with Crippen LogP contribution in [0.4, 0.5) is 0 Å². The highest BCUT2D eigenvalue weighted by Gasteiger charge is 2.28. The van der Waals surface area contributed by atoms with Crippen LogP contribution in [0, 0.1) is 0 Å². The molecule has 0 aromatic heterocycles. The molecule has 11 nitrogen and oxygen atoms in total. The maximum absolute atomic E-state index is 12.9. The SMILES string of the molecule is CCC/C=C\C/C=C\CCCCCCCC(=O)OCC(COP(=O)(O)OCC(CO)OC(=O)CCCCCCCCCCCCCCC)OC(=O)CCCCCCC/C=C\C/C=C\CCCCC. The Morgan fingerprint density at radius 1 is 0.412 bits per heavy atom. The van der Waals surface area contributed by atoms with Gasteiger partial charge in [-0.25, -0.2) is 4.57 Å². The van der Waals surface area contributed by atoms with E-state index in [1.54, 1.807) is 0 Å². The molecule has 0 aromatic carbocycles. The lowest BCUT2D eigenvalue weighted by molar-refractivity contribution is -0.161. The van der Waals surface area contributed by atoms with Crippen molar-refractivity contribution in [3.63, 3.8) is 0 Å². The molecular weight excluding hydrogens is 880 g/mol. The van der Waals surface area contributed by atoms with Crippen LogP contribution in [0.2, 0.25) is 0 Å². The van der Waals surface area contributed by atoms with Crippen LogP contribution in [0.25, 0.3) is 0 Å². The number of carbonyl (C=O) groups is 3. The van der Waals surface area contributed by atoms with Crippen molar-refractivity contribution < 1.29 is 52.2 Å². The average molecular weight is 981 g/mol. The fourth-order valence-corrected chi connectivity index (χ4v) is 8.27. The van der Waals surface area contributed by atoms with E-state index in [1.165, 1.54) is 83.5 Å². The predicted octanol–water partition coefficient (Wildman–Crippen LogP) is 15.8. The number of carbonyl (C=O) groups excluding carboxylic acids is 3. The summed E-state index contributed by atoms with van der Waals surface area (Å²) in [5.74, 6) is -1.49. The summed E-state index contributed by atoms with van der Waals surface area (Å²) < 4.78 is 39.4. The third kappa shape index (κ3) is 48.5. The molecule has 0 radical (unpaired) electrons. The van der Waals surface area contributed by atoms with E-state index in [9.17, 15) is 28.9 Å². The Balaban J connectivity index is 4.75. The summed E-state index contributed by atoms with van der Waals surface area (Å²) in [5.41, 5.74) is 0. The van der Waals surface area contributed by atoms with E-state index in [2.05, 4.69) is 69.4 Å². The molecule has 0 fully saturated rings. The molecule has 3 atom stereocenters. The van der Waals surface area contributed by atoms with Crippen LogP contribution in [0.1, 0.15) is 252 Å². The van der Waals surface area contributed by atoms with E-state index in [4.69, 9.17) is 23.3 Å². The molecule has 3 unspecified atom stereocenters. The molecule has 0 aliphatic carbocycles. The molecule has 0 saturated carbocycles. The molecule has 0 amide bonds. The molecule has 396 valence electrons. The highest BCUT2D eigenvalue weighted by molar-refractivity contribution is 7.47. The van der Waals surface area contributed by atoms with Crippen LogP contribution < -0.4 is 0 Å². The lowest BCUT2D eigenvalue weighted by Gasteiger charge is -2.21. The van der Waals surface area contributed by atoms with Gasteiger partial charge >= 0.3 is 25.7 Å².